The minimum absolute atomic E-state index is 0.191. The van der Waals surface area contributed by atoms with Crippen LogP contribution in [0.1, 0.15) is 48.2 Å². The van der Waals surface area contributed by atoms with Crippen LogP contribution in [0.2, 0.25) is 0 Å². The van der Waals surface area contributed by atoms with Gasteiger partial charge in [0.1, 0.15) is 4.21 Å². The van der Waals surface area contributed by atoms with Gasteiger partial charge in [-0.3, -0.25) is 9.59 Å². The zero-order valence-electron chi connectivity index (χ0n) is 12.5. The van der Waals surface area contributed by atoms with Crippen LogP contribution < -0.4 is 5.32 Å². The standard InChI is InChI=1S/C14H21NO5S2/c1-22(19,20)13-9-8-11(21-13)14(18)15-10-6-4-2-3-5-7-12(16)17/h8-9H,2-7,10H2,1H3,(H,15,18)(H,16,17). The number of rotatable bonds is 10. The van der Waals surface area contributed by atoms with Crippen LogP contribution in [0.25, 0.3) is 0 Å². The molecule has 1 aromatic rings. The first-order valence-corrected chi connectivity index (χ1v) is 9.81. The van der Waals surface area contributed by atoms with E-state index < -0.39 is 15.8 Å². The van der Waals surface area contributed by atoms with E-state index in [1.54, 1.807) is 0 Å². The van der Waals surface area contributed by atoms with E-state index in [2.05, 4.69) is 5.32 Å². The fourth-order valence-electron chi connectivity index (χ4n) is 1.86. The lowest BCUT2D eigenvalue weighted by Gasteiger charge is -2.03. The van der Waals surface area contributed by atoms with Gasteiger partial charge in [0.25, 0.3) is 5.91 Å². The predicted molar refractivity (Wildman–Crippen MR) is 85.1 cm³/mol. The summed E-state index contributed by atoms with van der Waals surface area (Å²) in [4.78, 5) is 22.5. The Hall–Kier alpha value is -1.41. The minimum atomic E-state index is -3.26. The van der Waals surface area contributed by atoms with Gasteiger partial charge in [0, 0.05) is 19.2 Å². The fraction of sp³-hybridized carbons (Fsp3) is 0.571. The van der Waals surface area contributed by atoms with E-state index in [1.165, 1.54) is 12.1 Å². The van der Waals surface area contributed by atoms with Crippen LogP contribution in [0.4, 0.5) is 0 Å². The largest absolute Gasteiger partial charge is 0.481 e. The lowest BCUT2D eigenvalue weighted by Crippen LogP contribution is -2.23. The zero-order chi connectivity index (χ0) is 16.6. The summed E-state index contributed by atoms with van der Waals surface area (Å²) in [6, 6.07) is 2.96. The van der Waals surface area contributed by atoms with Crippen LogP contribution in [-0.2, 0) is 14.6 Å². The van der Waals surface area contributed by atoms with Gasteiger partial charge in [0.15, 0.2) is 9.84 Å². The number of sulfone groups is 1. The molecule has 0 atom stereocenters. The SMILES string of the molecule is CS(=O)(=O)c1ccc(C(=O)NCCCCCCCC(=O)O)s1. The summed E-state index contributed by atoms with van der Waals surface area (Å²) < 4.78 is 22.9. The normalized spacial score (nSPS) is 11.3. The van der Waals surface area contributed by atoms with E-state index in [-0.39, 0.29) is 16.5 Å². The molecule has 0 bridgehead atoms. The van der Waals surface area contributed by atoms with E-state index in [4.69, 9.17) is 5.11 Å². The van der Waals surface area contributed by atoms with Crippen molar-refractivity contribution in [3.05, 3.63) is 17.0 Å². The lowest BCUT2D eigenvalue weighted by atomic mass is 10.1. The van der Waals surface area contributed by atoms with Crippen LogP contribution in [0.3, 0.4) is 0 Å². The van der Waals surface area contributed by atoms with Gasteiger partial charge in [-0.15, -0.1) is 11.3 Å². The molecule has 0 aliphatic heterocycles. The number of amides is 1. The molecule has 22 heavy (non-hydrogen) atoms. The molecule has 124 valence electrons. The summed E-state index contributed by atoms with van der Waals surface area (Å²) in [5.74, 6) is -1.03. The fourth-order valence-corrected chi connectivity index (χ4v) is 3.71. The van der Waals surface area contributed by atoms with Gasteiger partial charge < -0.3 is 10.4 Å². The zero-order valence-corrected chi connectivity index (χ0v) is 14.1. The molecule has 6 nitrogen and oxygen atoms in total. The van der Waals surface area contributed by atoms with Crippen molar-refractivity contribution in [2.45, 2.75) is 42.7 Å². The lowest BCUT2D eigenvalue weighted by molar-refractivity contribution is -0.137. The molecule has 2 N–H and O–H groups in total. The molecule has 0 saturated carbocycles. The second-order valence-electron chi connectivity index (χ2n) is 5.06. The third kappa shape index (κ3) is 7.04. The Morgan fingerprint density at radius 3 is 2.36 bits per heavy atom. The average Bonchev–Trinajstić information content (AvgIpc) is 2.91. The van der Waals surface area contributed by atoms with Crippen molar-refractivity contribution in [3.8, 4) is 0 Å². The first-order valence-electron chi connectivity index (χ1n) is 7.10. The number of aliphatic carboxylic acids is 1. The average molecular weight is 347 g/mol. The predicted octanol–water partition coefficient (Wildman–Crippen LogP) is 2.31. The smallest absolute Gasteiger partial charge is 0.303 e. The summed E-state index contributed by atoms with van der Waals surface area (Å²) in [5, 5.41) is 11.2. The maximum Gasteiger partial charge on any atom is 0.303 e. The minimum Gasteiger partial charge on any atom is -0.481 e. The molecule has 0 aliphatic rings. The number of carboxylic acids is 1. The van der Waals surface area contributed by atoms with Gasteiger partial charge in [0.05, 0.1) is 4.88 Å². The molecule has 1 rings (SSSR count). The van der Waals surface area contributed by atoms with Crippen molar-refractivity contribution in [2.24, 2.45) is 0 Å². The number of thiophene rings is 1. The molecule has 1 heterocycles. The molecular formula is C14H21NO5S2. The van der Waals surface area contributed by atoms with Crippen LogP contribution >= 0.6 is 11.3 Å². The van der Waals surface area contributed by atoms with E-state index in [1.807, 2.05) is 0 Å². The Bertz CT molecular complexity index is 607. The van der Waals surface area contributed by atoms with Crippen molar-refractivity contribution in [1.82, 2.24) is 5.32 Å². The third-order valence-electron chi connectivity index (χ3n) is 3.02. The topological polar surface area (TPSA) is 101 Å². The first-order chi connectivity index (χ1) is 10.3. The molecule has 0 radical (unpaired) electrons. The second kappa shape index (κ2) is 8.89. The quantitative estimate of drug-likeness (QED) is 0.633. The molecule has 1 amide bonds. The Morgan fingerprint density at radius 1 is 1.14 bits per heavy atom. The number of carbonyl (C=O) groups is 2. The highest BCUT2D eigenvalue weighted by molar-refractivity contribution is 7.92. The van der Waals surface area contributed by atoms with Crippen molar-refractivity contribution in [2.75, 3.05) is 12.8 Å². The van der Waals surface area contributed by atoms with Crippen LogP contribution in [-0.4, -0.2) is 38.2 Å². The van der Waals surface area contributed by atoms with E-state index in [0.29, 0.717) is 17.8 Å². The molecule has 1 aromatic heterocycles. The first kappa shape index (κ1) is 18.6. The molecule has 0 aliphatic carbocycles. The summed E-state index contributed by atoms with van der Waals surface area (Å²) in [6.45, 7) is 0.532. The highest BCUT2D eigenvalue weighted by Gasteiger charge is 2.14. The van der Waals surface area contributed by atoms with E-state index in [9.17, 15) is 18.0 Å². The number of unbranched alkanes of at least 4 members (excludes halogenated alkanes) is 4. The maximum atomic E-state index is 11.8. The van der Waals surface area contributed by atoms with Crippen LogP contribution in [0.15, 0.2) is 16.3 Å². The Kier molecular flexibility index (Phi) is 7.53. The molecule has 8 heteroatoms. The van der Waals surface area contributed by atoms with Gasteiger partial charge >= 0.3 is 5.97 Å². The number of carbonyl (C=O) groups excluding carboxylic acids is 1. The van der Waals surface area contributed by atoms with Crippen molar-refractivity contribution >= 4 is 33.1 Å². The molecule has 0 spiro atoms. The number of hydrogen-bond donors (Lipinski definition) is 2. The van der Waals surface area contributed by atoms with Gasteiger partial charge in [0.2, 0.25) is 0 Å². The maximum absolute atomic E-state index is 11.8. The van der Waals surface area contributed by atoms with Crippen LogP contribution in [0, 0.1) is 0 Å². The Morgan fingerprint density at radius 2 is 1.77 bits per heavy atom. The van der Waals surface area contributed by atoms with Gasteiger partial charge in [-0.1, -0.05) is 19.3 Å². The number of hydrogen-bond acceptors (Lipinski definition) is 5. The summed E-state index contributed by atoms with van der Waals surface area (Å²) >= 11 is 0.970. The third-order valence-corrected chi connectivity index (χ3v) is 5.93. The van der Waals surface area contributed by atoms with E-state index >= 15 is 0 Å². The van der Waals surface area contributed by atoms with Gasteiger partial charge in [-0.05, 0) is 25.0 Å². The summed E-state index contributed by atoms with van der Waals surface area (Å²) in [6.07, 6.45) is 5.58. The molecule has 0 fully saturated rings. The molecule has 0 saturated heterocycles. The number of carboxylic acid groups (broad SMARTS) is 1. The molecule has 0 unspecified atom stereocenters. The Balaban J connectivity index is 2.19. The van der Waals surface area contributed by atoms with Crippen molar-refractivity contribution < 1.29 is 23.1 Å². The number of nitrogens with one attached hydrogen (secondary N) is 1. The highest BCUT2D eigenvalue weighted by atomic mass is 32.2. The monoisotopic (exact) mass is 347 g/mol. The second-order valence-corrected chi connectivity index (χ2v) is 8.38. The van der Waals surface area contributed by atoms with Crippen molar-refractivity contribution in [3.63, 3.8) is 0 Å². The highest BCUT2D eigenvalue weighted by Crippen LogP contribution is 2.21. The van der Waals surface area contributed by atoms with E-state index in [0.717, 1.165) is 43.3 Å². The molecular weight excluding hydrogens is 326 g/mol. The van der Waals surface area contributed by atoms with Gasteiger partial charge in [-0.2, -0.15) is 0 Å². The summed E-state index contributed by atoms with van der Waals surface area (Å²) in [7, 11) is -3.26. The van der Waals surface area contributed by atoms with Gasteiger partial charge in [-0.25, -0.2) is 8.42 Å². The Labute approximate surface area is 134 Å². The molecule has 0 aromatic carbocycles. The summed E-state index contributed by atoms with van der Waals surface area (Å²) in [5.41, 5.74) is 0. The van der Waals surface area contributed by atoms with Crippen LogP contribution in [0.5, 0.6) is 0 Å². The van der Waals surface area contributed by atoms with Crippen molar-refractivity contribution in [1.29, 1.82) is 0 Å².